The Morgan fingerprint density at radius 3 is 2.39 bits per heavy atom. The van der Waals surface area contributed by atoms with Gasteiger partial charge in [-0.25, -0.2) is 0 Å². The minimum Gasteiger partial charge on any atom is -0.389 e. The van der Waals surface area contributed by atoms with Crippen molar-refractivity contribution < 1.29 is 9.90 Å². The number of likely N-dealkylation sites (N-methyl/N-ethyl adjacent to an activating group) is 1. The highest BCUT2D eigenvalue weighted by molar-refractivity contribution is 5.77. The van der Waals surface area contributed by atoms with Gasteiger partial charge in [-0.1, -0.05) is 44.0 Å². The van der Waals surface area contributed by atoms with Gasteiger partial charge in [0.05, 0.1) is 18.1 Å². The van der Waals surface area contributed by atoms with Gasteiger partial charge < -0.3 is 15.3 Å². The topological polar surface area (TPSA) is 52.6 Å². The lowest BCUT2D eigenvalue weighted by Crippen LogP contribution is -2.38. The molecular formula is C19H30N2O2. The molecule has 0 spiro atoms. The Labute approximate surface area is 139 Å². The Morgan fingerprint density at radius 1 is 1.26 bits per heavy atom. The fourth-order valence-corrected chi connectivity index (χ4v) is 3.36. The van der Waals surface area contributed by atoms with Gasteiger partial charge in [-0.05, 0) is 44.5 Å². The number of rotatable bonds is 7. The number of hydrogen-bond donors (Lipinski definition) is 2. The minimum atomic E-state index is -0.777. The number of aliphatic hydroxyl groups is 1. The van der Waals surface area contributed by atoms with Gasteiger partial charge in [-0.2, -0.15) is 0 Å². The van der Waals surface area contributed by atoms with E-state index in [1.807, 2.05) is 14.1 Å². The number of nitrogens with zero attached hydrogens (tertiary/aromatic N) is 1. The largest absolute Gasteiger partial charge is 0.389 e. The van der Waals surface area contributed by atoms with Crippen molar-refractivity contribution in [3.63, 3.8) is 0 Å². The summed E-state index contributed by atoms with van der Waals surface area (Å²) < 4.78 is 0. The van der Waals surface area contributed by atoms with Gasteiger partial charge in [0.15, 0.2) is 0 Å². The predicted octanol–water partition coefficient (Wildman–Crippen LogP) is 2.66. The Kier molecular flexibility index (Phi) is 6.19. The van der Waals surface area contributed by atoms with Crippen molar-refractivity contribution in [1.82, 2.24) is 10.2 Å². The summed E-state index contributed by atoms with van der Waals surface area (Å²) in [6.07, 6.45) is 4.79. The Hall–Kier alpha value is -1.39. The molecule has 0 radical (unpaired) electrons. The van der Waals surface area contributed by atoms with Crippen LogP contribution in [0, 0.1) is 0 Å². The second-order valence-electron chi connectivity index (χ2n) is 6.99. The summed E-state index contributed by atoms with van der Waals surface area (Å²) in [6, 6.07) is 8.72. The van der Waals surface area contributed by atoms with Crippen molar-refractivity contribution in [2.45, 2.75) is 57.1 Å². The molecule has 4 heteroatoms. The molecule has 4 nitrogen and oxygen atoms in total. The molecule has 1 unspecified atom stereocenters. The first-order valence-corrected chi connectivity index (χ1v) is 8.68. The summed E-state index contributed by atoms with van der Waals surface area (Å²) in [7, 11) is 4.05. The van der Waals surface area contributed by atoms with Crippen LogP contribution in [-0.4, -0.2) is 42.2 Å². The van der Waals surface area contributed by atoms with Gasteiger partial charge >= 0.3 is 0 Å². The predicted molar refractivity (Wildman–Crippen MR) is 93.3 cm³/mol. The van der Waals surface area contributed by atoms with Crippen LogP contribution in [0.2, 0.25) is 0 Å². The molecule has 128 valence electrons. The number of carbonyl (C=O) groups is 1. The quantitative estimate of drug-likeness (QED) is 0.813. The molecule has 1 aromatic rings. The summed E-state index contributed by atoms with van der Waals surface area (Å²) >= 11 is 0. The van der Waals surface area contributed by atoms with Gasteiger partial charge in [0.1, 0.15) is 0 Å². The van der Waals surface area contributed by atoms with Gasteiger partial charge in [-0.15, -0.1) is 0 Å². The van der Waals surface area contributed by atoms with E-state index < -0.39 is 5.60 Å². The van der Waals surface area contributed by atoms with Crippen LogP contribution in [0.25, 0.3) is 0 Å². The van der Waals surface area contributed by atoms with Gasteiger partial charge in [-0.3, -0.25) is 4.79 Å². The molecule has 1 saturated carbocycles. The third-order valence-corrected chi connectivity index (χ3v) is 4.91. The molecule has 1 aliphatic rings. The van der Waals surface area contributed by atoms with E-state index in [-0.39, 0.29) is 18.4 Å². The number of amides is 1. The standard InChI is InChI=1S/C19H30N2O2/c1-4-15-7-9-16(10-8-15)17(21(2)3)14-20-18(22)13-19(23)11-5-6-12-19/h7-10,17,23H,4-6,11-14H2,1-3H3,(H,20,22). The first-order valence-electron chi connectivity index (χ1n) is 8.68. The van der Waals surface area contributed by atoms with Crippen molar-refractivity contribution in [1.29, 1.82) is 0 Å². The summed E-state index contributed by atoms with van der Waals surface area (Å²) in [6.45, 7) is 2.71. The average molecular weight is 318 g/mol. The maximum absolute atomic E-state index is 12.2. The fraction of sp³-hybridized carbons (Fsp3) is 0.632. The number of nitrogens with one attached hydrogen (secondary N) is 1. The van der Waals surface area contributed by atoms with Crippen LogP contribution in [0.4, 0.5) is 0 Å². The second kappa shape index (κ2) is 7.93. The van der Waals surface area contributed by atoms with Crippen LogP contribution in [0.3, 0.4) is 0 Å². The van der Waals surface area contributed by atoms with E-state index in [0.29, 0.717) is 6.54 Å². The van der Waals surface area contributed by atoms with Crippen molar-refractivity contribution in [2.75, 3.05) is 20.6 Å². The maximum atomic E-state index is 12.2. The molecule has 1 aliphatic carbocycles. The summed E-state index contributed by atoms with van der Waals surface area (Å²) in [5.41, 5.74) is 1.74. The van der Waals surface area contributed by atoms with E-state index in [2.05, 4.69) is 41.4 Å². The van der Waals surface area contributed by atoms with Gasteiger partial charge in [0, 0.05) is 6.54 Å². The van der Waals surface area contributed by atoms with Crippen molar-refractivity contribution in [3.8, 4) is 0 Å². The third kappa shape index (κ3) is 5.05. The van der Waals surface area contributed by atoms with Gasteiger partial charge in [0.25, 0.3) is 0 Å². The molecule has 0 saturated heterocycles. The Balaban J connectivity index is 1.92. The minimum absolute atomic E-state index is 0.0496. The number of carbonyl (C=O) groups excluding carboxylic acids is 1. The molecule has 1 atom stereocenters. The van der Waals surface area contributed by atoms with E-state index in [1.165, 1.54) is 11.1 Å². The van der Waals surface area contributed by atoms with E-state index in [1.54, 1.807) is 0 Å². The SMILES string of the molecule is CCc1ccc(C(CNC(=O)CC2(O)CCCC2)N(C)C)cc1. The van der Waals surface area contributed by atoms with E-state index in [4.69, 9.17) is 0 Å². The Bertz CT molecular complexity index is 505. The third-order valence-electron chi connectivity index (χ3n) is 4.91. The van der Waals surface area contributed by atoms with E-state index in [9.17, 15) is 9.90 Å². The lowest BCUT2D eigenvalue weighted by Gasteiger charge is -2.26. The average Bonchev–Trinajstić information content (AvgIpc) is 2.94. The van der Waals surface area contributed by atoms with Crippen LogP contribution in [0.5, 0.6) is 0 Å². The molecule has 1 amide bonds. The molecule has 2 N–H and O–H groups in total. The first kappa shape index (κ1) is 18.0. The monoisotopic (exact) mass is 318 g/mol. The normalized spacial score (nSPS) is 18.1. The zero-order valence-corrected chi connectivity index (χ0v) is 14.6. The summed E-state index contributed by atoms with van der Waals surface area (Å²) in [5.74, 6) is -0.0496. The summed E-state index contributed by atoms with van der Waals surface area (Å²) in [4.78, 5) is 14.3. The van der Waals surface area contributed by atoms with Gasteiger partial charge in [0.2, 0.25) is 5.91 Å². The lowest BCUT2D eigenvalue weighted by molar-refractivity contribution is -0.126. The highest BCUT2D eigenvalue weighted by Gasteiger charge is 2.33. The van der Waals surface area contributed by atoms with Crippen LogP contribution in [-0.2, 0) is 11.2 Å². The first-order chi connectivity index (χ1) is 10.9. The highest BCUT2D eigenvalue weighted by atomic mass is 16.3. The molecule has 2 rings (SSSR count). The zero-order valence-electron chi connectivity index (χ0n) is 14.6. The lowest BCUT2D eigenvalue weighted by atomic mass is 9.97. The molecule has 1 aromatic carbocycles. The van der Waals surface area contributed by atoms with Crippen LogP contribution in [0.15, 0.2) is 24.3 Å². The highest BCUT2D eigenvalue weighted by Crippen LogP contribution is 2.32. The number of hydrogen-bond acceptors (Lipinski definition) is 3. The van der Waals surface area contributed by atoms with Crippen LogP contribution in [0.1, 0.15) is 56.2 Å². The molecular weight excluding hydrogens is 288 g/mol. The number of aryl methyl sites for hydroxylation is 1. The smallest absolute Gasteiger partial charge is 0.222 e. The molecule has 0 aliphatic heterocycles. The fourth-order valence-electron chi connectivity index (χ4n) is 3.36. The molecule has 0 aromatic heterocycles. The Morgan fingerprint density at radius 2 is 1.87 bits per heavy atom. The van der Waals surface area contributed by atoms with E-state index >= 15 is 0 Å². The maximum Gasteiger partial charge on any atom is 0.222 e. The molecule has 23 heavy (non-hydrogen) atoms. The van der Waals surface area contributed by atoms with Crippen molar-refractivity contribution in [2.24, 2.45) is 0 Å². The molecule has 0 bridgehead atoms. The molecule has 1 fully saturated rings. The summed E-state index contributed by atoms with van der Waals surface area (Å²) in [5, 5.41) is 13.3. The van der Waals surface area contributed by atoms with Crippen LogP contribution < -0.4 is 5.32 Å². The second-order valence-corrected chi connectivity index (χ2v) is 6.99. The molecule has 0 heterocycles. The number of benzene rings is 1. The van der Waals surface area contributed by atoms with Crippen molar-refractivity contribution >= 4 is 5.91 Å². The van der Waals surface area contributed by atoms with Crippen LogP contribution >= 0.6 is 0 Å². The zero-order chi connectivity index (χ0) is 16.9. The van der Waals surface area contributed by atoms with Crippen molar-refractivity contribution in [3.05, 3.63) is 35.4 Å². The van der Waals surface area contributed by atoms with E-state index in [0.717, 1.165) is 32.1 Å².